The summed E-state index contributed by atoms with van der Waals surface area (Å²) in [6, 6.07) is 15.9. The molecule has 0 radical (unpaired) electrons. The van der Waals surface area contributed by atoms with Crippen LogP contribution in [0.1, 0.15) is 18.4 Å². The molecule has 5 rings (SSSR count). The van der Waals surface area contributed by atoms with E-state index >= 15 is 0 Å². The summed E-state index contributed by atoms with van der Waals surface area (Å²) in [4.78, 5) is 30.2. The van der Waals surface area contributed by atoms with Crippen LogP contribution in [0.2, 0.25) is 0 Å². The number of hydrogen-bond acceptors (Lipinski definition) is 7. The number of carbonyl (C=O) groups excluding carboxylic acids is 2. The topological polar surface area (TPSA) is 71.5 Å². The Morgan fingerprint density at radius 2 is 1.97 bits per heavy atom. The van der Waals surface area contributed by atoms with E-state index in [0.717, 1.165) is 53.1 Å². The minimum atomic E-state index is -0.435. The Balaban J connectivity index is 1.20. The van der Waals surface area contributed by atoms with E-state index in [-0.39, 0.29) is 10.4 Å². The van der Waals surface area contributed by atoms with Gasteiger partial charge in [-0.05, 0) is 42.7 Å². The van der Waals surface area contributed by atoms with Gasteiger partial charge in [-0.1, -0.05) is 35.6 Å². The fourth-order valence-electron chi connectivity index (χ4n) is 3.92. The summed E-state index contributed by atoms with van der Waals surface area (Å²) in [7, 11) is 0. The van der Waals surface area contributed by atoms with E-state index in [2.05, 4.69) is 22.3 Å². The molecule has 2 fully saturated rings. The second-order valence-electron chi connectivity index (χ2n) is 7.52. The third-order valence-electron chi connectivity index (χ3n) is 5.48. The number of fused-ring (bicyclic) bond motifs is 1. The van der Waals surface area contributed by atoms with Gasteiger partial charge in [0.15, 0.2) is 5.13 Å². The van der Waals surface area contributed by atoms with Gasteiger partial charge in [0.2, 0.25) is 5.12 Å². The van der Waals surface area contributed by atoms with Crippen LogP contribution >= 0.6 is 23.1 Å². The summed E-state index contributed by atoms with van der Waals surface area (Å²) >= 11 is 2.49. The van der Waals surface area contributed by atoms with Gasteiger partial charge in [-0.15, -0.1) is 0 Å². The SMILES string of the molecule is O=C1NC(Cc2ccc(OC[C@@H]3CCCN3c3nc4ccccc4s3)cc2)C(=O)S1. The van der Waals surface area contributed by atoms with Crippen molar-refractivity contribution in [3.63, 3.8) is 0 Å². The number of amides is 1. The van der Waals surface area contributed by atoms with Gasteiger partial charge in [0.25, 0.3) is 5.24 Å². The number of para-hydroxylation sites is 1. The van der Waals surface area contributed by atoms with Crippen molar-refractivity contribution in [3.05, 3.63) is 54.1 Å². The van der Waals surface area contributed by atoms with Crippen LogP contribution in [-0.4, -0.2) is 40.6 Å². The molecule has 1 amide bonds. The third-order valence-corrected chi connectivity index (χ3v) is 7.34. The predicted molar refractivity (Wildman–Crippen MR) is 121 cm³/mol. The molecule has 2 aromatic carbocycles. The van der Waals surface area contributed by atoms with E-state index in [1.54, 1.807) is 11.3 Å². The fraction of sp³-hybridized carbons (Fsp3) is 0.318. The lowest BCUT2D eigenvalue weighted by Gasteiger charge is -2.24. The van der Waals surface area contributed by atoms with Crippen molar-refractivity contribution in [2.75, 3.05) is 18.1 Å². The lowest BCUT2D eigenvalue weighted by Crippen LogP contribution is -2.34. The van der Waals surface area contributed by atoms with Gasteiger partial charge in [-0.25, -0.2) is 4.98 Å². The van der Waals surface area contributed by atoms with Crippen LogP contribution in [0.15, 0.2) is 48.5 Å². The van der Waals surface area contributed by atoms with Crippen molar-refractivity contribution in [1.82, 2.24) is 10.3 Å². The molecule has 6 nitrogen and oxygen atoms in total. The molecule has 1 aromatic heterocycles. The summed E-state index contributed by atoms with van der Waals surface area (Å²) in [5, 5.41) is 3.38. The number of aromatic nitrogens is 1. The van der Waals surface area contributed by atoms with E-state index in [4.69, 9.17) is 9.72 Å². The van der Waals surface area contributed by atoms with Crippen LogP contribution in [0, 0.1) is 0 Å². The van der Waals surface area contributed by atoms with Gasteiger partial charge < -0.3 is 15.0 Å². The second kappa shape index (κ2) is 8.28. The predicted octanol–water partition coefficient (Wildman–Crippen LogP) is 4.24. The Kier molecular flexibility index (Phi) is 5.35. The molecular formula is C22H21N3O3S2. The smallest absolute Gasteiger partial charge is 0.287 e. The quantitative estimate of drug-likeness (QED) is 0.620. The molecule has 1 N–H and O–H groups in total. The van der Waals surface area contributed by atoms with E-state index in [0.29, 0.717) is 19.1 Å². The molecule has 2 atom stereocenters. The molecule has 0 aliphatic carbocycles. The standard InChI is InChI=1S/C22H21N3O3S2/c26-20-18(24-22(27)30-20)12-14-7-9-16(10-8-14)28-13-15-4-3-11-25(15)21-23-17-5-1-2-6-19(17)29-21/h1-2,5-10,15,18H,3-4,11-13H2,(H,24,27)/t15-,18?/m0/s1. The first kappa shape index (κ1) is 19.4. The molecule has 0 saturated carbocycles. The lowest BCUT2D eigenvalue weighted by atomic mass is 10.1. The molecule has 1 unspecified atom stereocenters. The summed E-state index contributed by atoms with van der Waals surface area (Å²) in [6.07, 6.45) is 2.74. The summed E-state index contributed by atoms with van der Waals surface area (Å²) in [5.74, 6) is 0.811. The van der Waals surface area contributed by atoms with Gasteiger partial charge in [-0.2, -0.15) is 0 Å². The van der Waals surface area contributed by atoms with E-state index in [1.165, 1.54) is 4.70 Å². The number of hydrogen-bond donors (Lipinski definition) is 1. The number of ether oxygens (including phenoxy) is 1. The Hall–Kier alpha value is -2.58. The van der Waals surface area contributed by atoms with Crippen molar-refractivity contribution >= 4 is 48.8 Å². The zero-order valence-corrected chi connectivity index (χ0v) is 17.9. The van der Waals surface area contributed by atoms with Gasteiger partial charge in [0.05, 0.1) is 16.3 Å². The molecule has 2 saturated heterocycles. The van der Waals surface area contributed by atoms with Gasteiger partial charge in [0, 0.05) is 24.7 Å². The number of nitrogens with one attached hydrogen (secondary N) is 1. The molecule has 30 heavy (non-hydrogen) atoms. The van der Waals surface area contributed by atoms with E-state index < -0.39 is 6.04 Å². The molecule has 154 valence electrons. The van der Waals surface area contributed by atoms with Crippen molar-refractivity contribution in [3.8, 4) is 5.75 Å². The van der Waals surface area contributed by atoms with E-state index in [1.807, 2.05) is 36.4 Å². The normalized spacial score (nSPS) is 21.4. The highest BCUT2D eigenvalue weighted by Crippen LogP contribution is 2.33. The molecular weight excluding hydrogens is 418 g/mol. The summed E-state index contributed by atoms with van der Waals surface area (Å²) < 4.78 is 7.29. The van der Waals surface area contributed by atoms with Crippen molar-refractivity contribution < 1.29 is 14.3 Å². The molecule has 2 aliphatic heterocycles. The summed E-state index contributed by atoms with van der Waals surface area (Å²) in [6.45, 7) is 1.62. The zero-order valence-electron chi connectivity index (χ0n) is 16.2. The highest BCUT2D eigenvalue weighted by molar-refractivity contribution is 8.26. The first-order valence-corrected chi connectivity index (χ1v) is 11.7. The highest BCUT2D eigenvalue weighted by Gasteiger charge is 2.31. The minimum absolute atomic E-state index is 0.114. The average Bonchev–Trinajstić information content (AvgIpc) is 3.45. The monoisotopic (exact) mass is 439 g/mol. The number of thioether (sulfide) groups is 1. The number of thiazole rings is 1. The van der Waals surface area contributed by atoms with Gasteiger partial charge in [-0.3, -0.25) is 9.59 Å². The van der Waals surface area contributed by atoms with Crippen LogP contribution < -0.4 is 15.0 Å². The maximum Gasteiger partial charge on any atom is 0.287 e. The molecule has 3 heterocycles. The van der Waals surface area contributed by atoms with Crippen LogP contribution in [0.4, 0.5) is 9.93 Å². The maximum atomic E-state index is 11.8. The van der Waals surface area contributed by atoms with Crippen LogP contribution in [0.5, 0.6) is 5.75 Å². The largest absolute Gasteiger partial charge is 0.491 e. The van der Waals surface area contributed by atoms with Gasteiger partial charge in [0.1, 0.15) is 18.4 Å². The number of anilines is 1. The van der Waals surface area contributed by atoms with Crippen molar-refractivity contribution in [2.24, 2.45) is 0 Å². The number of carbonyl (C=O) groups is 2. The Labute approximate surface area is 182 Å². The number of nitrogens with zero attached hydrogens (tertiary/aromatic N) is 2. The fourth-order valence-corrected chi connectivity index (χ4v) is 5.65. The van der Waals surface area contributed by atoms with Crippen LogP contribution in [-0.2, 0) is 11.2 Å². The minimum Gasteiger partial charge on any atom is -0.491 e. The Bertz CT molecular complexity index is 1050. The molecule has 0 spiro atoms. The van der Waals surface area contributed by atoms with Crippen molar-refractivity contribution in [1.29, 1.82) is 0 Å². The third kappa shape index (κ3) is 4.02. The first-order valence-electron chi connectivity index (χ1n) is 10.0. The van der Waals surface area contributed by atoms with Crippen molar-refractivity contribution in [2.45, 2.75) is 31.3 Å². The van der Waals surface area contributed by atoms with Gasteiger partial charge >= 0.3 is 0 Å². The Morgan fingerprint density at radius 3 is 2.73 bits per heavy atom. The van der Waals surface area contributed by atoms with E-state index in [9.17, 15) is 9.59 Å². The van der Waals surface area contributed by atoms with Crippen LogP contribution in [0.3, 0.4) is 0 Å². The van der Waals surface area contributed by atoms with Crippen LogP contribution in [0.25, 0.3) is 10.2 Å². The summed E-state index contributed by atoms with van der Waals surface area (Å²) in [5.41, 5.74) is 2.05. The Morgan fingerprint density at radius 1 is 1.13 bits per heavy atom. The first-order chi connectivity index (χ1) is 14.7. The average molecular weight is 440 g/mol. The zero-order chi connectivity index (χ0) is 20.5. The lowest BCUT2D eigenvalue weighted by molar-refractivity contribution is -0.112. The molecule has 8 heteroatoms. The maximum absolute atomic E-state index is 11.8. The highest BCUT2D eigenvalue weighted by atomic mass is 32.2. The molecule has 3 aromatic rings. The second-order valence-corrected chi connectivity index (χ2v) is 9.50. The number of rotatable bonds is 6. The number of benzene rings is 2. The molecule has 0 bridgehead atoms. The molecule has 2 aliphatic rings.